The zero-order valence-electron chi connectivity index (χ0n) is 16.4. The Labute approximate surface area is 161 Å². The second kappa shape index (κ2) is 9.50. The van der Waals surface area contributed by atoms with Crippen LogP contribution < -0.4 is 15.4 Å². The Balaban J connectivity index is 2.76. The van der Waals surface area contributed by atoms with Crippen LogP contribution in [0, 0.1) is 0 Å². The fourth-order valence-corrected chi connectivity index (χ4v) is 3.84. The molecule has 0 heterocycles. The third-order valence-electron chi connectivity index (χ3n) is 3.37. The maximum absolute atomic E-state index is 12.2. The number of thioether (sulfide) groups is 1. The molecule has 1 atom stereocenters. The summed E-state index contributed by atoms with van der Waals surface area (Å²) in [5.41, 5.74) is 0.391. The van der Waals surface area contributed by atoms with E-state index in [1.165, 1.54) is 6.07 Å². The summed E-state index contributed by atoms with van der Waals surface area (Å²) in [7, 11) is -3.46. The van der Waals surface area contributed by atoms with E-state index in [0.717, 1.165) is 12.0 Å². The monoisotopic (exact) mass is 402 g/mol. The summed E-state index contributed by atoms with van der Waals surface area (Å²) in [6.07, 6.45) is 1.14. The number of anilines is 1. The first-order valence-corrected chi connectivity index (χ1v) is 11.5. The van der Waals surface area contributed by atoms with E-state index in [0.29, 0.717) is 24.6 Å². The van der Waals surface area contributed by atoms with Crippen molar-refractivity contribution in [2.75, 3.05) is 30.5 Å². The number of benzene rings is 1. The number of carbonyl (C=O) groups excluding carboxylic acids is 1. The molecular weight excluding hydrogens is 372 g/mol. The lowest BCUT2D eigenvalue weighted by Crippen LogP contribution is -2.39. The zero-order valence-corrected chi connectivity index (χ0v) is 18.0. The molecule has 2 N–H and O–H groups in total. The van der Waals surface area contributed by atoms with E-state index >= 15 is 0 Å². The van der Waals surface area contributed by atoms with Crippen LogP contribution in [0.5, 0.6) is 5.75 Å². The number of rotatable bonds is 9. The first-order valence-electron chi connectivity index (χ1n) is 8.59. The Bertz CT molecular complexity index is 712. The molecule has 1 unspecified atom stereocenters. The lowest BCUT2D eigenvalue weighted by atomic mass is 10.2. The van der Waals surface area contributed by atoms with E-state index in [1.54, 1.807) is 30.8 Å². The maximum atomic E-state index is 12.2. The minimum atomic E-state index is -3.46. The summed E-state index contributed by atoms with van der Waals surface area (Å²) < 4.78 is 29.7. The van der Waals surface area contributed by atoms with Crippen LogP contribution in [0.1, 0.15) is 34.6 Å². The smallest absolute Gasteiger partial charge is 0.242 e. The van der Waals surface area contributed by atoms with E-state index in [1.807, 2.05) is 6.92 Å². The van der Waals surface area contributed by atoms with Crippen molar-refractivity contribution in [3.05, 3.63) is 18.2 Å². The van der Waals surface area contributed by atoms with E-state index < -0.39 is 15.9 Å². The van der Waals surface area contributed by atoms with Crippen molar-refractivity contribution >= 4 is 33.2 Å². The number of nitrogens with one attached hydrogen (secondary N) is 2. The van der Waals surface area contributed by atoms with Gasteiger partial charge in [0.15, 0.2) is 9.84 Å². The molecular formula is C18H30N2O4S2. The molecule has 0 aliphatic rings. The van der Waals surface area contributed by atoms with Gasteiger partial charge in [0.1, 0.15) is 11.8 Å². The average molecular weight is 403 g/mol. The molecule has 0 radical (unpaired) electrons. The Morgan fingerprint density at radius 3 is 2.50 bits per heavy atom. The third kappa shape index (κ3) is 7.86. The second-order valence-electron chi connectivity index (χ2n) is 6.98. The fraction of sp³-hybridized carbons (Fsp3) is 0.611. The minimum Gasteiger partial charge on any atom is -0.494 e. The minimum absolute atomic E-state index is 0.117. The highest BCUT2D eigenvalue weighted by molar-refractivity contribution is 8.00. The number of hydrogen-bond donors (Lipinski definition) is 2. The number of sulfone groups is 1. The largest absolute Gasteiger partial charge is 0.494 e. The Hall–Kier alpha value is -1.41. The molecule has 1 aromatic carbocycles. The molecule has 8 heteroatoms. The molecule has 1 amide bonds. The van der Waals surface area contributed by atoms with Gasteiger partial charge in [0.25, 0.3) is 0 Å². The van der Waals surface area contributed by atoms with Crippen molar-refractivity contribution in [3.63, 3.8) is 0 Å². The van der Waals surface area contributed by atoms with Crippen molar-refractivity contribution in [2.45, 2.75) is 50.3 Å². The van der Waals surface area contributed by atoms with Crippen LogP contribution in [-0.4, -0.2) is 50.3 Å². The van der Waals surface area contributed by atoms with Gasteiger partial charge >= 0.3 is 0 Å². The highest BCUT2D eigenvalue weighted by atomic mass is 32.2. The molecule has 26 heavy (non-hydrogen) atoms. The van der Waals surface area contributed by atoms with Gasteiger partial charge in [0.05, 0.1) is 17.2 Å². The molecule has 1 aromatic rings. The molecule has 0 saturated carbocycles. The number of carbonyl (C=O) groups is 1. The van der Waals surface area contributed by atoms with Crippen molar-refractivity contribution in [3.8, 4) is 5.75 Å². The van der Waals surface area contributed by atoms with Gasteiger partial charge < -0.3 is 15.4 Å². The van der Waals surface area contributed by atoms with Gasteiger partial charge in [-0.15, -0.1) is 0 Å². The lowest BCUT2D eigenvalue weighted by molar-refractivity contribution is -0.121. The van der Waals surface area contributed by atoms with Crippen molar-refractivity contribution in [1.82, 2.24) is 5.32 Å². The molecule has 0 fully saturated rings. The van der Waals surface area contributed by atoms with Gasteiger partial charge in [0, 0.05) is 29.4 Å². The predicted octanol–water partition coefficient (Wildman–Crippen LogP) is 2.94. The van der Waals surface area contributed by atoms with Gasteiger partial charge in [-0.05, 0) is 26.0 Å². The van der Waals surface area contributed by atoms with Crippen molar-refractivity contribution in [1.29, 1.82) is 0 Å². The van der Waals surface area contributed by atoms with Gasteiger partial charge in [-0.25, -0.2) is 8.42 Å². The van der Waals surface area contributed by atoms with Crippen LogP contribution in [0.25, 0.3) is 0 Å². The van der Waals surface area contributed by atoms with Gasteiger partial charge in [-0.3, -0.25) is 4.79 Å². The predicted molar refractivity (Wildman–Crippen MR) is 109 cm³/mol. The van der Waals surface area contributed by atoms with Gasteiger partial charge in [-0.2, -0.15) is 11.8 Å². The molecule has 0 aliphatic heterocycles. The third-order valence-corrected chi connectivity index (χ3v) is 5.78. The lowest BCUT2D eigenvalue weighted by Gasteiger charge is -2.20. The first-order chi connectivity index (χ1) is 11.9. The van der Waals surface area contributed by atoms with Crippen LogP contribution in [-0.2, 0) is 14.6 Å². The topological polar surface area (TPSA) is 84.5 Å². The fourth-order valence-electron chi connectivity index (χ4n) is 2.17. The standard InChI is InChI=1S/C18H30N2O4S2/c1-7-24-14-8-9-15(16(12-14)26(6,22)23)20-13(2)17(21)19-10-11-25-18(3,4)5/h8-9,12-13,20H,7,10-11H2,1-6H3,(H,19,21). The van der Waals surface area contributed by atoms with Gasteiger partial charge in [0.2, 0.25) is 5.91 Å². The summed E-state index contributed by atoms with van der Waals surface area (Å²) in [4.78, 5) is 12.4. The van der Waals surface area contributed by atoms with Crippen LogP contribution >= 0.6 is 11.8 Å². The number of amides is 1. The van der Waals surface area contributed by atoms with E-state index in [-0.39, 0.29) is 15.5 Å². The summed E-state index contributed by atoms with van der Waals surface area (Å²) in [5, 5.41) is 5.86. The van der Waals surface area contributed by atoms with Crippen molar-refractivity contribution in [2.24, 2.45) is 0 Å². The summed E-state index contributed by atoms with van der Waals surface area (Å²) in [6, 6.07) is 4.23. The number of ether oxygens (including phenoxy) is 1. The Morgan fingerprint density at radius 2 is 1.96 bits per heavy atom. The second-order valence-corrected chi connectivity index (χ2v) is 10.9. The van der Waals surface area contributed by atoms with Crippen molar-refractivity contribution < 1.29 is 17.9 Å². The Morgan fingerprint density at radius 1 is 1.31 bits per heavy atom. The zero-order chi connectivity index (χ0) is 20.0. The highest BCUT2D eigenvalue weighted by Gasteiger charge is 2.19. The highest BCUT2D eigenvalue weighted by Crippen LogP contribution is 2.27. The molecule has 0 spiro atoms. The number of hydrogen-bond acceptors (Lipinski definition) is 6. The molecule has 148 valence electrons. The molecule has 0 aromatic heterocycles. The molecule has 0 saturated heterocycles. The molecule has 6 nitrogen and oxygen atoms in total. The normalized spacial score (nSPS) is 13.2. The van der Waals surface area contributed by atoms with Gasteiger partial charge in [-0.1, -0.05) is 20.8 Å². The first kappa shape index (κ1) is 22.6. The molecule has 0 aliphatic carbocycles. The van der Waals surface area contributed by atoms with Crippen LogP contribution in [0.3, 0.4) is 0 Å². The average Bonchev–Trinajstić information content (AvgIpc) is 2.51. The van der Waals surface area contributed by atoms with Crippen LogP contribution in [0.15, 0.2) is 23.1 Å². The molecule has 1 rings (SSSR count). The summed E-state index contributed by atoms with van der Waals surface area (Å²) in [5.74, 6) is 1.13. The maximum Gasteiger partial charge on any atom is 0.242 e. The SMILES string of the molecule is CCOc1ccc(NC(C)C(=O)NCCSC(C)(C)C)c(S(C)(=O)=O)c1. The van der Waals surface area contributed by atoms with Crippen LogP contribution in [0.4, 0.5) is 5.69 Å². The molecule has 0 bridgehead atoms. The summed E-state index contributed by atoms with van der Waals surface area (Å²) >= 11 is 1.77. The van der Waals surface area contributed by atoms with E-state index in [4.69, 9.17) is 4.74 Å². The Kier molecular flexibility index (Phi) is 8.27. The quantitative estimate of drug-likeness (QED) is 0.618. The summed E-state index contributed by atoms with van der Waals surface area (Å²) in [6.45, 7) is 10.9. The van der Waals surface area contributed by atoms with E-state index in [9.17, 15) is 13.2 Å². The van der Waals surface area contributed by atoms with Crippen LogP contribution in [0.2, 0.25) is 0 Å². The van der Waals surface area contributed by atoms with E-state index in [2.05, 4.69) is 31.4 Å².